The fourth-order valence-corrected chi connectivity index (χ4v) is 3.52. The maximum atomic E-state index is 13.0. The molecule has 0 amide bonds. The topological polar surface area (TPSA) is 64.2 Å². The number of hydrogen-bond acceptors (Lipinski definition) is 2. The third-order valence-corrected chi connectivity index (χ3v) is 5.44. The molecular formula is C25H26N2O3. The van der Waals surface area contributed by atoms with Gasteiger partial charge in [-0.1, -0.05) is 49.4 Å². The number of hydrogen-bond donors (Lipinski definition) is 1. The Balaban J connectivity index is 1.92. The normalized spacial score (nSPS) is 11.8. The first-order chi connectivity index (χ1) is 14.5. The quantitative estimate of drug-likeness (QED) is 0.560. The van der Waals surface area contributed by atoms with Crippen LogP contribution in [0.15, 0.2) is 59.5 Å². The number of imidazole rings is 1. The molecule has 0 aliphatic heterocycles. The van der Waals surface area contributed by atoms with Gasteiger partial charge in [-0.15, -0.1) is 12.3 Å². The second kappa shape index (κ2) is 9.32. The lowest BCUT2D eigenvalue weighted by Gasteiger charge is -2.10. The Morgan fingerprint density at radius 1 is 1.17 bits per heavy atom. The van der Waals surface area contributed by atoms with Gasteiger partial charge in [-0.05, 0) is 36.1 Å². The molecular weight excluding hydrogens is 376 g/mol. The zero-order valence-corrected chi connectivity index (χ0v) is 17.3. The van der Waals surface area contributed by atoms with Crippen LogP contribution in [0, 0.1) is 12.3 Å². The van der Waals surface area contributed by atoms with Gasteiger partial charge in [0, 0.05) is 30.8 Å². The molecule has 5 heteroatoms. The van der Waals surface area contributed by atoms with Crippen molar-refractivity contribution in [2.45, 2.75) is 45.7 Å². The first-order valence-electron chi connectivity index (χ1n) is 10.1. The molecule has 1 aromatic heterocycles. The molecule has 0 aliphatic carbocycles. The van der Waals surface area contributed by atoms with Gasteiger partial charge >= 0.3 is 11.7 Å². The minimum absolute atomic E-state index is 0.0309. The van der Waals surface area contributed by atoms with Crippen molar-refractivity contribution in [2.24, 2.45) is 0 Å². The molecule has 1 heterocycles. The van der Waals surface area contributed by atoms with E-state index >= 15 is 0 Å². The molecule has 1 atom stereocenters. The summed E-state index contributed by atoms with van der Waals surface area (Å²) in [5.74, 6) is 1.69. The predicted molar refractivity (Wildman–Crippen MR) is 119 cm³/mol. The van der Waals surface area contributed by atoms with E-state index in [1.807, 2.05) is 43.5 Å². The highest BCUT2D eigenvalue weighted by Gasteiger charge is 2.15. The molecule has 0 aliphatic rings. The molecule has 0 saturated heterocycles. The SMILES string of the molecule is C#CCCc1cn(C(C)CC)c(=O)n1Cc1ccc(-c2ccccc2C(=O)O)cc1. The molecule has 5 nitrogen and oxygen atoms in total. The number of nitrogens with zero attached hydrogens (tertiary/aromatic N) is 2. The van der Waals surface area contributed by atoms with Gasteiger partial charge < -0.3 is 5.11 Å². The molecule has 0 fully saturated rings. The van der Waals surface area contributed by atoms with Gasteiger partial charge in [-0.25, -0.2) is 9.59 Å². The fourth-order valence-electron chi connectivity index (χ4n) is 3.52. The van der Waals surface area contributed by atoms with Crippen LogP contribution in [0.4, 0.5) is 0 Å². The Bertz CT molecular complexity index is 1130. The summed E-state index contributed by atoms with van der Waals surface area (Å²) in [6.07, 6.45) is 9.45. The van der Waals surface area contributed by atoms with Crippen LogP contribution in [0.3, 0.4) is 0 Å². The number of aromatic carboxylic acids is 1. The number of aryl methyl sites for hydroxylation is 1. The van der Waals surface area contributed by atoms with Gasteiger partial charge in [-0.3, -0.25) is 9.13 Å². The van der Waals surface area contributed by atoms with Gasteiger partial charge in [0.15, 0.2) is 0 Å². The molecule has 30 heavy (non-hydrogen) atoms. The summed E-state index contributed by atoms with van der Waals surface area (Å²) in [6, 6.07) is 14.7. The molecule has 0 spiro atoms. The molecule has 3 aromatic rings. The molecule has 1 unspecified atom stereocenters. The van der Waals surface area contributed by atoms with Crippen LogP contribution >= 0.6 is 0 Å². The van der Waals surface area contributed by atoms with Crippen LogP contribution in [-0.4, -0.2) is 20.2 Å². The zero-order chi connectivity index (χ0) is 21.7. The number of aromatic nitrogens is 2. The lowest BCUT2D eigenvalue weighted by molar-refractivity contribution is 0.0697. The summed E-state index contributed by atoms with van der Waals surface area (Å²) in [4.78, 5) is 24.5. The van der Waals surface area contributed by atoms with E-state index in [4.69, 9.17) is 6.42 Å². The molecule has 0 saturated carbocycles. The first-order valence-corrected chi connectivity index (χ1v) is 10.1. The van der Waals surface area contributed by atoms with Crippen molar-refractivity contribution >= 4 is 5.97 Å². The number of rotatable bonds is 8. The van der Waals surface area contributed by atoms with Gasteiger partial charge in [0.1, 0.15) is 0 Å². The Morgan fingerprint density at radius 2 is 1.87 bits per heavy atom. The van der Waals surface area contributed by atoms with Crippen LogP contribution in [0.2, 0.25) is 0 Å². The maximum absolute atomic E-state index is 13.0. The lowest BCUT2D eigenvalue weighted by atomic mass is 9.99. The average molecular weight is 402 g/mol. The van der Waals surface area contributed by atoms with E-state index in [0.717, 1.165) is 23.2 Å². The number of terminal acetylenes is 1. The third-order valence-electron chi connectivity index (χ3n) is 5.44. The Hall–Kier alpha value is -3.52. The largest absolute Gasteiger partial charge is 0.478 e. The van der Waals surface area contributed by atoms with Gasteiger partial charge in [0.25, 0.3) is 0 Å². The van der Waals surface area contributed by atoms with Crippen molar-refractivity contribution in [2.75, 3.05) is 0 Å². The molecule has 1 N–H and O–H groups in total. The number of carbonyl (C=O) groups is 1. The molecule has 154 valence electrons. The van der Waals surface area contributed by atoms with Crippen LogP contribution in [0.25, 0.3) is 11.1 Å². The zero-order valence-electron chi connectivity index (χ0n) is 17.3. The highest BCUT2D eigenvalue weighted by molar-refractivity contribution is 5.95. The van der Waals surface area contributed by atoms with Crippen molar-refractivity contribution in [3.05, 3.63) is 82.0 Å². The lowest BCUT2D eigenvalue weighted by Crippen LogP contribution is -2.27. The van der Waals surface area contributed by atoms with E-state index in [1.54, 1.807) is 27.3 Å². The van der Waals surface area contributed by atoms with Gasteiger partial charge in [0.05, 0.1) is 12.1 Å². The molecule has 0 bridgehead atoms. The number of benzene rings is 2. The molecule has 3 rings (SSSR count). The molecule has 0 radical (unpaired) electrons. The first kappa shape index (κ1) is 21.2. The van der Waals surface area contributed by atoms with E-state index in [-0.39, 0.29) is 17.3 Å². The van der Waals surface area contributed by atoms with Crippen molar-refractivity contribution in [1.29, 1.82) is 0 Å². The highest BCUT2D eigenvalue weighted by atomic mass is 16.4. The van der Waals surface area contributed by atoms with E-state index in [9.17, 15) is 14.7 Å². The second-order valence-corrected chi connectivity index (χ2v) is 7.41. The van der Waals surface area contributed by atoms with E-state index in [2.05, 4.69) is 12.8 Å². The standard InChI is InChI=1S/C25H26N2O3/c1-4-6-9-21-17-26(18(3)5-2)25(30)27(21)16-19-12-14-20(15-13-19)22-10-7-8-11-23(22)24(28)29/h1,7-8,10-15,17-18H,5-6,9,16H2,2-3H3,(H,28,29). The van der Waals surface area contributed by atoms with Crippen molar-refractivity contribution in [3.63, 3.8) is 0 Å². The average Bonchev–Trinajstić information content (AvgIpc) is 3.07. The van der Waals surface area contributed by atoms with E-state index < -0.39 is 5.97 Å². The number of carboxylic acids is 1. The highest BCUT2D eigenvalue weighted by Crippen LogP contribution is 2.24. The van der Waals surface area contributed by atoms with Crippen molar-refractivity contribution in [1.82, 2.24) is 9.13 Å². The van der Waals surface area contributed by atoms with E-state index in [1.165, 1.54) is 0 Å². The second-order valence-electron chi connectivity index (χ2n) is 7.41. The van der Waals surface area contributed by atoms with Crippen molar-refractivity contribution in [3.8, 4) is 23.5 Å². The Labute approximate surface area is 176 Å². The Kier molecular flexibility index (Phi) is 6.58. The van der Waals surface area contributed by atoms with Gasteiger partial charge in [0.2, 0.25) is 0 Å². The third kappa shape index (κ3) is 4.38. The summed E-state index contributed by atoms with van der Waals surface area (Å²) in [7, 11) is 0. The predicted octanol–water partition coefficient (Wildman–Crippen LogP) is 4.60. The van der Waals surface area contributed by atoms with Crippen LogP contribution in [0.1, 0.15) is 54.3 Å². The maximum Gasteiger partial charge on any atom is 0.336 e. The fraction of sp³-hybridized carbons (Fsp3) is 0.280. The van der Waals surface area contributed by atoms with Gasteiger partial charge in [-0.2, -0.15) is 0 Å². The summed E-state index contributed by atoms with van der Waals surface area (Å²) >= 11 is 0. The summed E-state index contributed by atoms with van der Waals surface area (Å²) in [5.41, 5.74) is 3.64. The van der Waals surface area contributed by atoms with E-state index in [0.29, 0.717) is 24.9 Å². The monoisotopic (exact) mass is 402 g/mol. The summed E-state index contributed by atoms with van der Waals surface area (Å²) in [6.45, 7) is 4.54. The van der Waals surface area contributed by atoms with Crippen LogP contribution in [-0.2, 0) is 13.0 Å². The minimum atomic E-state index is -0.953. The summed E-state index contributed by atoms with van der Waals surface area (Å²) < 4.78 is 3.56. The van der Waals surface area contributed by atoms with Crippen LogP contribution in [0.5, 0.6) is 0 Å². The number of carboxylic acid groups (broad SMARTS) is 1. The minimum Gasteiger partial charge on any atom is -0.478 e. The van der Waals surface area contributed by atoms with Crippen molar-refractivity contribution < 1.29 is 9.90 Å². The van der Waals surface area contributed by atoms with Crippen LogP contribution < -0.4 is 5.69 Å². The Morgan fingerprint density at radius 3 is 2.50 bits per heavy atom. The molecule has 2 aromatic carbocycles. The smallest absolute Gasteiger partial charge is 0.336 e. The summed E-state index contributed by atoms with van der Waals surface area (Å²) in [5, 5.41) is 9.42.